The minimum absolute atomic E-state index is 0.00788. The lowest BCUT2D eigenvalue weighted by Gasteiger charge is -2.42. The minimum atomic E-state index is -3.11. The molecule has 9 heteroatoms. The van der Waals surface area contributed by atoms with E-state index in [0.29, 0.717) is 26.1 Å². The number of hydrogen-bond donors (Lipinski definition) is 0. The number of carbonyl (C=O) groups is 2. The lowest BCUT2D eigenvalue weighted by Crippen LogP contribution is -2.57. The molecule has 0 bridgehead atoms. The van der Waals surface area contributed by atoms with Gasteiger partial charge in [-0.15, -0.1) is 0 Å². The number of amides is 2. The van der Waals surface area contributed by atoms with Crippen molar-refractivity contribution in [3.05, 3.63) is 24.0 Å². The third kappa shape index (κ3) is 3.46. The smallest absolute Gasteiger partial charge is 0.266 e. The zero-order chi connectivity index (χ0) is 18.1. The van der Waals surface area contributed by atoms with Gasteiger partial charge in [-0.1, -0.05) is 0 Å². The van der Waals surface area contributed by atoms with Crippen molar-refractivity contribution in [1.82, 2.24) is 20.0 Å². The average molecular weight is 354 g/mol. The van der Waals surface area contributed by atoms with Gasteiger partial charge in [0.1, 0.15) is 0 Å². The first kappa shape index (κ1) is 17.7. The highest BCUT2D eigenvalue weighted by atomic mass is 19.3. The van der Waals surface area contributed by atoms with Crippen LogP contribution in [0.2, 0.25) is 0 Å². The molecule has 0 saturated carbocycles. The molecule has 2 amide bonds. The Balaban J connectivity index is 1.82. The van der Waals surface area contributed by atoms with Gasteiger partial charge in [0.2, 0.25) is 5.91 Å². The van der Waals surface area contributed by atoms with Crippen molar-refractivity contribution in [3.63, 3.8) is 0 Å². The number of ether oxygens (including phenoxy) is 1. The number of aromatic nitrogens is 2. The second kappa shape index (κ2) is 6.62. The monoisotopic (exact) mass is 354 g/mol. The molecule has 1 aromatic rings. The number of carbonyl (C=O) groups excluding carboxylic acids is 2. The molecule has 2 saturated heterocycles. The molecule has 1 atom stereocenters. The molecule has 0 radical (unpaired) electrons. The molecule has 0 aliphatic carbocycles. The van der Waals surface area contributed by atoms with E-state index in [1.54, 1.807) is 4.90 Å². The Hall–Kier alpha value is -2.16. The van der Waals surface area contributed by atoms with Crippen molar-refractivity contribution in [2.75, 3.05) is 39.9 Å². The van der Waals surface area contributed by atoms with Crippen molar-refractivity contribution in [2.45, 2.75) is 18.8 Å². The Morgan fingerprint density at radius 3 is 2.84 bits per heavy atom. The normalized spacial score (nSPS) is 25.6. The molecule has 2 aliphatic rings. The number of piperidine rings is 1. The molecular weight excluding hydrogens is 334 g/mol. The van der Waals surface area contributed by atoms with Gasteiger partial charge >= 0.3 is 0 Å². The van der Waals surface area contributed by atoms with Crippen LogP contribution < -0.4 is 0 Å². The van der Waals surface area contributed by atoms with Crippen molar-refractivity contribution in [3.8, 4) is 0 Å². The average Bonchev–Trinajstić information content (AvgIpc) is 2.87. The predicted molar refractivity (Wildman–Crippen MR) is 83.0 cm³/mol. The first-order valence-corrected chi connectivity index (χ1v) is 8.09. The van der Waals surface area contributed by atoms with Gasteiger partial charge in [-0.3, -0.25) is 9.59 Å². The number of rotatable bonds is 4. The van der Waals surface area contributed by atoms with E-state index in [9.17, 15) is 18.4 Å². The molecule has 0 N–H and O–H groups in total. The first-order chi connectivity index (χ1) is 11.9. The maximum absolute atomic E-state index is 14.4. The van der Waals surface area contributed by atoms with E-state index >= 15 is 0 Å². The van der Waals surface area contributed by atoms with E-state index in [-0.39, 0.29) is 18.0 Å². The second-order valence-corrected chi connectivity index (χ2v) is 6.64. The van der Waals surface area contributed by atoms with Gasteiger partial charge < -0.3 is 14.5 Å². The molecule has 0 aromatic carbocycles. The molecule has 2 fully saturated rings. The van der Waals surface area contributed by atoms with Crippen molar-refractivity contribution in [1.29, 1.82) is 0 Å². The molecule has 3 rings (SSSR count). The number of nitrogens with zero attached hydrogens (tertiary/aromatic N) is 4. The fourth-order valence-corrected chi connectivity index (χ4v) is 3.67. The number of alkyl halides is 2. The summed E-state index contributed by atoms with van der Waals surface area (Å²) in [5.41, 5.74) is -1.05. The summed E-state index contributed by atoms with van der Waals surface area (Å²) in [6.45, 7) is 0.416. The van der Waals surface area contributed by atoms with Crippen molar-refractivity contribution in [2.24, 2.45) is 5.41 Å². The Labute approximate surface area is 143 Å². The van der Waals surface area contributed by atoms with E-state index in [1.165, 1.54) is 25.6 Å². The molecule has 25 heavy (non-hydrogen) atoms. The van der Waals surface area contributed by atoms with Gasteiger partial charge in [-0.25, -0.2) is 8.78 Å². The van der Waals surface area contributed by atoms with E-state index in [1.807, 2.05) is 0 Å². The number of hydrogen-bond acceptors (Lipinski definition) is 5. The highest BCUT2D eigenvalue weighted by molar-refractivity contribution is 5.95. The summed E-state index contributed by atoms with van der Waals surface area (Å²) >= 11 is 0. The van der Waals surface area contributed by atoms with Gasteiger partial charge in [-0.05, 0) is 12.5 Å². The molecule has 7 nitrogen and oxygen atoms in total. The van der Waals surface area contributed by atoms with Crippen LogP contribution in [0, 0.1) is 5.41 Å². The van der Waals surface area contributed by atoms with Gasteiger partial charge in [0.15, 0.2) is 0 Å². The predicted octanol–water partition coefficient (Wildman–Crippen LogP) is 0.823. The lowest BCUT2D eigenvalue weighted by molar-refractivity contribution is -0.151. The summed E-state index contributed by atoms with van der Waals surface area (Å²) in [6.07, 6.45) is 2.35. The summed E-state index contributed by atoms with van der Waals surface area (Å²) < 4.78 is 33.7. The minimum Gasteiger partial charge on any atom is -0.383 e. The molecule has 2 aliphatic heterocycles. The van der Waals surface area contributed by atoms with Crippen LogP contribution in [-0.2, 0) is 9.53 Å². The summed E-state index contributed by atoms with van der Waals surface area (Å²) in [6, 6.07) is 1.43. The highest BCUT2D eigenvalue weighted by Crippen LogP contribution is 2.45. The van der Waals surface area contributed by atoms with E-state index in [4.69, 9.17) is 4.74 Å². The Kier molecular flexibility index (Phi) is 4.68. The molecule has 0 unspecified atom stereocenters. The standard InChI is InChI=1S/C16H20F2N4O3/c1-25-7-6-21-5-3-15(14(21)24)9-16(17,18)11-22(10-15)13(23)12-2-4-19-20-8-12/h2,4,8H,3,5-7,9-11H2,1H3/t15-/m0/s1. The molecule has 3 heterocycles. The summed E-state index contributed by atoms with van der Waals surface area (Å²) in [7, 11) is 1.52. The van der Waals surface area contributed by atoms with Crippen LogP contribution in [0.4, 0.5) is 8.78 Å². The largest absolute Gasteiger partial charge is 0.383 e. The van der Waals surface area contributed by atoms with Crippen LogP contribution in [0.5, 0.6) is 0 Å². The molecule has 136 valence electrons. The van der Waals surface area contributed by atoms with Crippen LogP contribution in [0.25, 0.3) is 0 Å². The maximum Gasteiger partial charge on any atom is 0.266 e. The summed E-state index contributed by atoms with van der Waals surface area (Å²) in [4.78, 5) is 27.9. The zero-order valence-corrected chi connectivity index (χ0v) is 14.0. The molecular formula is C16H20F2N4O3. The Morgan fingerprint density at radius 1 is 1.36 bits per heavy atom. The third-order valence-electron chi connectivity index (χ3n) is 4.80. The maximum atomic E-state index is 14.4. The molecule has 1 aromatic heterocycles. The lowest BCUT2D eigenvalue weighted by atomic mass is 9.76. The van der Waals surface area contributed by atoms with Gasteiger partial charge in [0.05, 0.1) is 36.5 Å². The quantitative estimate of drug-likeness (QED) is 0.800. The third-order valence-corrected chi connectivity index (χ3v) is 4.80. The summed E-state index contributed by atoms with van der Waals surface area (Å²) in [5.74, 6) is -3.99. The fraction of sp³-hybridized carbons (Fsp3) is 0.625. The van der Waals surface area contributed by atoms with Crippen LogP contribution in [0.3, 0.4) is 0 Å². The Morgan fingerprint density at radius 2 is 2.16 bits per heavy atom. The van der Waals surface area contributed by atoms with Gasteiger partial charge in [0, 0.05) is 33.2 Å². The van der Waals surface area contributed by atoms with Gasteiger partial charge in [0.25, 0.3) is 11.8 Å². The first-order valence-electron chi connectivity index (χ1n) is 8.09. The van der Waals surface area contributed by atoms with Crippen LogP contribution in [-0.4, -0.2) is 77.6 Å². The van der Waals surface area contributed by atoms with Crippen LogP contribution >= 0.6 is 0 Å². The second-order valence-electron chi connectivity index (χ2n) is 6.64. The highest BCUT2D eigenvalue weighted by Gasteiger charge is 2.57. The topological polar surface area (TPSA) is 75.6 Å². The number of likely N-dealkylation sites (tertiary alicyclic amines) is 2. The van der Waals surface area contributed by atoms with Gasteiger partial charge in [-0.2, -0.15) is 10.2 Å². The van der Waals surface area contributed by atoms with Crippen LogP contribution in [0.1, 0.15) is 23.2 Å². The Bertz CT molecular complexity index is 658. The van der Waals surface area contributed by atoms with Crippen LogP contribution in [0.15, 0.2) is 18.5 Å². The summed E-state index contributed by atoms with van der Waals surface area (Å²) in [5, 5.41) is 7.19. The van der Waals surface area contributed by atoms with E-state index in [0.717, 1.165) is 4.90 Å². The number of methoxy groups -OCH3 is 1. The van der Waals surface area contributed by atoms with E-state index in [2.05, 4.69) is 10.2 Å². The van der Waals surface area contributed by atoms with Crippen molar-refractivity contribution >= 4 is 11.8 Å². The van der Waals surface area contributed by atoms with E-state index < -0.39 is 30.2 Å². The zero-order valence-electron chi connectivity index (χ0n) is 14.0. The number of halogens is 2. The SMILES string of the molecule is COCCN1CC[C@]2(CN(C(=O)c3ccnnc3)CC(F)(F)C2)C1=O. The van der Waals surface area contributed by atoms with Crippen molar-refractivity contribution < 1.29 is 23.1 Å². The molecule has 1 spiro atoms. The fourth-order valence-electron chi connectivity index (χ4n) is 3.67.